The Kier molecular flexibility index (Phi) is 3.35. The van der Waals surface area contributed by atoms with E-state index in [4.69, 9.17) is 21.1 Å². The monoisotopic (exact) mass is 263 g/mol. The molecule has 2 heterocycles. The van der Waals surface area contributed by atoms with Gasteiger partial charge in [-0.15, -0.1) is 0 Å². The third-order valence-electron chi connectivity index (χ3n) is 3.13. The second-order valence-corrected chi connectivity index (χ2v) is 4.80. The molecule has 2 aromatic rings. The summed E-state index contributed by atoms with van der Waals surface area (Å²) in [5.74, 6) is 0.769. The van der Waals surface area contributed by atoms with Crippen molar-refractivity contribution >= 4 is 22.5 Å². The Labute approximate surface area is 111 Å². The van der Waals surface area contributed by atoms with Crippen molar-refractivity contribution in [2.45, 2.75) is 18.9 Å². The third kappa shape index (κ3) is 2.28. The summed E-state index contributed by atoms with van der Waals surface area (Å²) in [6.07, 6.45) is 4.14. The molecule has 0 aliphatic carbocycles. The molecule has 0 saturated carbocycles. The first-order valence-electron chi connectivity index (χ1n) is 6.12. The topological polar surface area (TPSA) is 31.4 Å². The van der Waals surface area contributed by atoms with Gasteiger partial charge in [-0.2, -0.15) is 0 Å². The molecule has 0 radical (unpaired) electrons. The lowest BCUT2D eigenvalue weighted by Crippen LogP contribution is -2.16. The zero-order valence-corrected chi connectivity index (χ0v) is 10.7. The van der Waals surface area contributed by atoms with Gasteiger partial charge in [-0.05, 0) is 37.1 Å². The van der Waals surface area contributed by atoms with Crippen LogP contribution in [0.5, 0.6) is 5.75 Å². The van der Waals surface area contributed by atoms with Crippen molar-refractivity contribution in [2.24, 2.45) is 0 Å². The lowest BCUT2D eigenvalue weighted by Gasteiger charge is -2.13. The van der Waals surface area contributed by atoms with Gasteiger partial charge in [0.2, 0.25) is 0 Å². The van der Waals surface area contributed by atoms with Gasteiger partial charge in [0.15, 0.2) is 0 Å². The van der Waals surface area contributed by atoms with Gasteiger partial charge in [0, 0.05) is 18.2 Å². The van der Waals surface area contributed by atoms with Crippen LogP contribution in [0.1, 0.15) is 12.8 Å². The number of halogens is 1. The number of hydrogen-bond acceptors (Lipinski definition) is 3. The van der Waals surface area contributed by atoms with E-state index in [0.29, 0.717) is 11.6 Å². The van der Waals surface area contributed by atoms with Gasteiger partial charge in [-0.1, -0.05) is 11.6 Å². The number of ether oxygens (including phenoxy) is 2. The SMILES string of the molecule is Clc1ccc(OCC2CCCO2)c2ncccc12. The van der Waals surface area contributed by atoms with Crippen LogP contribution < -0.4 is 4.74 Å². The summed E-state index contributed by atoms with van der Waals surface area (Å²) in [4.78, 5) is 4.34. The van der Waals surface area contributed by atoms with Crippen LogP contribution in [0, 0.1) is 0 Å². The molecular formula is C14H14ClNO2. The standard InChI is InChI=1S/C14H14ClNO2/c15-12-5-6-13(14-11(12)4-1-7-16-14)18-9-10-3-2-8-17-10/h1,4-7,10H,2-3,8-9H2. The van der Waals surface area contributed by atoms with E-state index >= 15 is 0 Å². The average molecular weight is 264 g/mol. The summed E-state index contributed by atoms with van der Waals surface area (Å²) in [7, 11) is 0. The molecule has 3 rings (SSSR count). The normalized spacial score (nSPS) is 19.3. The Bertz CT molecular complexity index is 552. The first-order chi connectivity index (χ1) is 8.84. The van der Waals surface area contributed by atoms with Gasteiger partial charge in [-0.3, -0.25) is 4.98 Å². The lowest BCUT2D eigenvalue weighted by molar-refractivity contribution is 0.0684. The summed E-state index contributed by atoms with van der Waals surface area (Å²) in [6, 6.07) is 7.53. The van der Waals surface area contributed by atoms with Crippen molar-refractivity contribution in [1.29, 1.82) is 0 Å². The largest absolute Gasteiger partial charge is 0.489 e. The van der Waals surface area contributed by atoms with Crippen molar-refractivity contribution in [3.05, 3.63) is 35.5 Å². The fourth-order valence-electron chi connectivity index (χ4n) is 2.19. The van der Waals surface area contributed by atoms with Crippen LogP contribution in [-0.2, 0) is 4.74 Å². The summed E-state index contributed by atoms with van der Waals surface area (Å²) < 4.78 is 11.4. The molecule has 1 saturated heterocycles. The summed E-state index contributed by atoms with van der Waals surface area (Å²) >= 11 is 6.14. The number of fused-ring (bicyclic) bond motifs is 1. The highest BCUT2D eigenvalue weighted by Gasteiger charge is 2.17. The predicted molar refractivity (Wildman–Crippen MR) is 71.2 cm³/mol. The Morgan fingerprint density at radius 2 is 2.33 bits per heavy atom. The van der Waals surface area contributed by atoms with Crippen LogP contribution in [0.25, 0.3) is 10.9 Å². The molecule has 0 N–H and O–H groups in total. The molecule has 18 heavy (non-hydrogen) atoms. The van der Waals surface area contributed by atoms with Gasteiger partial charge >= 0.3 is 0 Å². The van der Waals surface area contributed by atoms with E-state index in [1.54, 1.807) is 6.20 Å². The van der Waals surface area contributed by atoms with Gasteiger partial charge in [0.05, 0.1) is 11.1 Å². The van der Waals surface area contributed by atoms with Crippen LogP contribution in [-0.4, -0.2) is 24.3 Å². The van der Waals surface area contributed by atoms with Crippen molar-refractivity contribution < 1.29 is 9.47 Å². The third-order valence-corrected chi connectivity index (χ3v) is 3.46. The maximum atomic E-state index is 6.14. The first-order valence-corrected chi connectivity index (χ1v) is 6.50. The summed E-state index contributed by atoms with van der Waals surface area (Å²) in [5, 5.41) is 1.62. The van der Waals surface area contributed by atoms with E-state index < -0.39 is 0 Å². The lowest BCUT2D eigenvalue weighted by atomic mass is 10.2. The van der Waals surface area contributed by atoms with Crippen molar-refractivity contribution in [1.82, 2.24) is 4.98 Å². The zero-order valence-electron chi connectivity index (χ0n) is 9.93. The quantitative estimate of drug-likeness (QED) is 0.850. The molecule has 1 aromatic carbocycles. The molecule has 0 bridgehead atoms. The molecule has 1 fully saturated rings. The van der Waals surface area contributed by atoms with Gasteiger partial charge in [0.25, 0.3) is 0 Å². The molecule has 1 atom stereocenters. The number of benzene rings is 1. The maximum Gasteiger partial charge on any atom is 0.145 e. The predicted octanol–water partition coefficient (Wildman–Crippen LogP) is 3.45. The molecule has 4 heteroatoms. The van der Waals surface area contributed by atoms with E-state index in [1.807, 2.05) is 24.3 Å². The molecule has 94 valence electrons. The second kappa shape index (κ2) is 5.12. The number of nitrogens with zero attached hydrogens (tertiary/aromatic N) is 1. The molecule has 3 nitrogen and oxygen atoms in total. The summed E-state index contributed by atoms with van der Waals surface area (Å²) in [6.45, 7) is 1.42. The molecule has 1 aliphatic rings. The van der Waals surface area contributed by atoms with E-state index in [0.717, 1.165) is 36.1 Å². The second-order valence-electron chi connectivity index (χ2n) is 4.39. The number of aromatic nitrogens is 1. The Morgan fingerprint density at radius 1 is 1.39 bits per heavy atom. The Balaban J connectivity index is 1.85. The van der Waals surface area contributed by atoms with Crippen molar-refractivity contribution in [2.75, 3.05) is 13.2 Å². The highest BCUT2D eigenvalue weighted by Crippen LogP contribution is 2.30. The Hall–Kier alpha value is -1.32. The van der Waals surface area contributed by atoms with Gasteiger partial charge in [0.1, 0.15) is 17.9 Å². The fourth-order valence-corrected chi connectivity index (χ4v) is 2.40. The highest BCUT2D eigenvalue weighted by atomic mass is 35.5. The van der Waals surface area contributed by atoms with Gasteiger partial charge < -0.3 is 9.47 Å². The molecule has 0 spiro atoms. The maximum absolute atomic E-state index is 6.14. The van der Waals surface area contributed by atoms with Crippen LogP contribution >= 0.6 is 11.6 Å². The van der Waals surface area contributed by atoms with Gasteiger partial charge in [-0.25, -0.2) is 0 Å². The minimum atomic E-state index is 0.208. The van der Waals surface area contributed by atoms with Crippen molar-refractivity contribution in [3.63, 3.8) is 0 Å². The molecular weight excluding hydrogens is 250 g/mol. The Morgan fingerprint density at radius 3 is 3.17 bits per heavy atom. The van der Waals surface area contributed by atoms with E-state index in [9.17, 15) is 0 Å². The van der Waals surface area contributed by atoms with E-state index in [1.165, 1.54) is 0 Å². The van der Waals surface area contributed by atoms with Crippen LogP contribution in [0.3, 0.4) is 0 Å². The zero-order chi connectivity index (χ0) is 12.4. The number of pyridine rings is 1. The minimum Gasteiger partial charge on any atom is -0.489 e. The van der Waals surface area contributed by atoms with E-state index in [2.05, 4.69) is 4.98 Å². The number of hydrogen-bond donors (Lipinski definition) is 0. The van der Waals surface area contributed by atoms with E-state index in [-0.39, 0.29) is 6.10 Å². The molecule has 1 unspecified atom stereocenters. The highest BCUT2D eigenvalue weighted by molar-refractivity contribution is 6.35. The average Bonchev–Trinajstić information content (AvgIpc) is 2.92. The fraction of sp³-hybridized carbons (Fsp3) is 0.357. The molecule has 1 aromatic heterocycles. The first kappa shape index (κ1) is 11.8. The van der Waals surface area contributed by atoms with Crippen LogP contribution in [0.15, 0.2) is 30.5 Å². The minimum absolute atomic E-state index is 0.208. The summed E-state index contributed by atoms with van der Waals surface area (Å²) in [5.41, 5.74) is 0.808. The molecule has 0 amide bonds. The van der Waals surface area contributed by atoms with Crippen LogP contribution in [0.4, 0.5) is 0 Å². The van der Waals surface area contributed by atoms with Crippen LogP contribution in [0.2, 0.25) is 5.02 Å². The number of rotatable bonds is 3. The van der Waals surface area contributed by atoms with Crippen molar-refractivity contribution in [3.8, 4) is 5.75 Å². The molecule has 1 aliphatic heterocycles. The smallest absolute Gasteiger partial charge is 0.145 e.